The first-order valence-corrected chi connectivity index (χ1v) is 10.4. The fourth-order valence-corrected chi connectivity index (χ4v) is 5.31. The lowest BCUT2D eigenvalue weighted by Gasteiger charge is -2.26. The van der Waals surface area contributed by atoms with Gasteiger partial charge in [0.05, 0.1) is 10.1 Å². The van der Waals surface area contributed by atoms with Crippen molar-refractivity contribution < 1.29 is 13.2 Å². The van der Waals surface area contributed by atoms with E-state index in [1.165, 1.54) is 18.6 Å². The second-order valence-corrected chi connectivity index (χ2v) is 9.30. The summed E-state index contributed by atoms with van der Waals surface area (Å²) in [7, 11) is -3.44. The number of nitrogens with zero attached hydrogens (tertiary/aromatic N) is 1. The monoisotopic (exact) mass is 370 g/mol. The second kappa shape index (κ2) is 7.31. The van der Waals surface area contributed by atoms with E-state index < -0.39 is 15.1 Å². The standard InChI is InChI=1S/C17H23ClN2O3S/c18-13-6-8-15(9-7-13)24(22,23)16-10-11-20(12-16)17(21)19-14-4-2-1-3-5-14/h6-9,14,16H,1-5,10-12H2,(H,19,21). The van der Waals surface area contributed by atoms with E-state index in [0.29, 0.717) is 18.0 Å². The smallest absolute Gasteiger partial charge is 0.317 e. The van der Waals surface area contributed by atoms with Gasteiger partial charge >= 0.3 is 6.03 Å². The van der Waals surface area contributed by atoms with Crippen LogP contribution in [0, 0.1) is 0 Å². The van der Waals surface area contributed by atoms with Crippen molar-refractivity contribution in [3.63, 3.8) is 0 Å². The number of hydrogen-bond acceptors (Lipinski definition) is 3. The Kier molecular flexibility index (Phi) is 5.35. The minimum absolute atomic E-state index is 0.129. The number of benzene rings is 1. The normalized spacial score (nSPS) is 22.5. The van der Waals surface area contributed by atoms with Gasteiger partial charge < -0.3 is 10.2 Å². The van der Waals surface area contributed by atoms with Crippen molar-refractivity contribution >= 4 is 27.5 Å². The zero-order chi connectivity index (χ0) is 17.2. The van der Waals surface area contributed by atoms with E-state index in [4.69, 9.17) is 11.6 Å². The van der Waals surface area contributed by atoms with Crippen molar-refractivity contribution in [3.8, 4) is 0 Å². The fourth-order valence-electron chi connectivity index (χ4n) is 3.50. The van der Waals surface area contributed by atoms with Crippen LogP contribution in [0.2, 0.25) is 5.02 Å². The zero-order valence-electron chi connectivity index (χ0n) is 13.6. The van der Waals surface area contributed by atoms with E-state index in [-0.39, 0.29) is 23.5 Å². The molecule has 2 aliphatic rings. The summed E-state index contributed by atoms with van der Waals surface area (Å²) in [6, 6.07) is 6.33. The van der Waals surface area contributed by atoms with Gasteiger partial charge in [0.2, 0.25) is 0 Å². The number of nitrogens with one attached hydrogen (secondary N) is 1. The van der Waals surface area contributed by atoms with Crippen LogP contribution in [0.25, 0.3) is 0 Å². The number of carbonyl (C=O) groups is 1. The van der Waals surface area contributed by atoms with Gasteiger partial charge in [-0.1, -0.05) is 30.9 Å². The van der Waals surface area contributed by atoms with Crippen LogP contribution in [-0.2, 0) is 9.84 Å². The van der Waals surface area contributed by atoms with E-state index in [2.05, 4.69) is 5.32 Å². The molecular formula is C17H23ClN2O3S. The molecule has 0 bridgehead atoms. The zero-order valence-corrected chi connectivity index (χ0v) is 15.2. The summed E-state index contributed by atoms with van der Waals surface area (Å²) < 4.78 is 25.4. The molecule has 7 heteroatoms. The first-order chi connectivity index (χ1) is 11.5. The van der Waals surface area contributed by atoms with E-state index in [1.54, 1.807) is 17.0 Å². The summed E-state index contributed by atoms with van der Waals surface area (Å²) in [6.07, 6.45) is 6.05. The Morgan fingerprint density at radius 2 is 1.75 bits per heavy atom. The van der Waals surface area contributed by atoms with Gasteiger partial charge in [0.1, 0.15) is 0 Å². The van der Waals surface area contributed by atoms with Crippen molar-refractivity contribution in [2.24, 2.45) is 0 Å². The van der Waals surface area contributed by atoms with Gasteiger partial charge in [-0.15, -0.1) is 0 Å². The van der Waals surface area contributed by atoms with Gasteiger partial charge in [-0.05, 0) is 43.5 Å². The molecule has 3 rings (SSSR count). The molecule has 1 heterocycles. The molecule has 1 unspecified atom stereocenters. The molecule has 5 nitrogen and oxygen atoms in total. The SMILES string of the molecule is O=C(NC1CCCCC1)N1CCC(S(=O)(=O)c2ccc(Cl)cc2)C1. The lowest BCUT2D eigenvalue weighted by atomic mass is 9.96. The molecule has 0 radical (unpaired) electrons. The molecule has 2 amide bonds. The van der Waals surface area contributed by atoms with Crippen molar-refractivity contribution in [3.05, 3.63) is 29.3 Å². The first-order valence-electron chi connectivity index (χ1n) is 8.52. The summed E-state index contributed by atoms with van der Waals surface area (Å²) in [5.41, 5.74) is 0. The highest BCUT2D eigenvalue weighted by Crippen LogP contribution is 2.25. The Balaban J connectivity index is 1.61. The van der Waals surface area contributed by atoms with Crippen molar-refractivity contribution in [2.45, 2.75) is 54.7 Å². The third-order valence-electron chi connectivity index (χ3n) is 4.95. The largest absolute Gasteiger partial charge is 0.335 e. The molecule has 0 aromatic heterocycles. The quantitative estimate of drug-likeness (QED) is 0.888. The number of urea groups is 1. The fraction of sp³-hybridized carbons (Fsp3) is 0.588. The van der Waals surface area contributed by atoms with Gasteiger partial charge in [-0.25, -0.2) is 13.2 Å². The van der Waals surface area contributed by atoms with Crippen LogP contribution in [0.3, 0.4) is 0 Å². The Bertz CT molecular complexity index is 684. The molecule has 1 atom stereocenters. The maximum atomic E-state index is 12.7. The number of sulfone groups is 1. The van der Waals surface area contributed by atoms with Crippen LogP contribution in [0.4, 0.5) is 4.79 Å². The Labute approximate surface area is 148 Å². The second-order valence-electron chi connectivity index (χ2n) is 6.64. The van der Waals surface area contributed by atoms with E-state index in [0.717, 1.165) is 25.7 Å². The maximum absolute atomic E-state index is 12.7. The van der Waals surface area contributed by atoms with Gasteiger partial charge in [0.15, 0.2) is 9.84 Å². The number of halogens is 1. The number of hydrogen-bond donors (Lipinski definition) is 1. The van der Waals surface area contributed by atoms with E-state index in [9.17, 15) is 13.2 Å². The van der Waals surface area contributed by atoms with Gasteiger partial charge in [0, 0.05) is 24.2 Å². The van der Waals surface area contributed by atoms with Crippen LogP contribution >= 0.6 is 11.6 Å². The lowest BCUT2D eigenvalue weighted by molar-refractivity contribution is 0.200. The predicted octanol–water partition coefficient (Wildman–Crippen LogP) is 3.23. The molecule has 2 fully saturated rings. The lowest BCUT2D eigenvalue weighted by Crippen LogP contribution is -2.45. The Morgan fingerprint density at radius 1 is 1.08 bits per heavy atom. The summed E-state index contributed by atoms with van der Waals surface area (Å²) in [5.74, 6) is 0. The number of likely N-dealkylation sites (tertiary alicyclic amines) is 1. The average molecular weight is 371 g/mol. The van der Waals surface area contributed by atoms with Crippen LogP contribution in [0.15, 0.2) is 29.2 Å². The Morgan fingerprint density at radius 3 is 2.42 bits per heavy atom. The summed E-state index contributed by atoms with van der Waals surface area (Å²) in [5, 5.41) is 3.02. The van der Waals surface area contributed by atoms with Crippen LogP contribution in [-0.4, -0.2) is 43.7 Å². The molecule has 1 aliphatic carbocycles. The third-order valence-corrected chi connectivity index (χ3v) is 7.39. The van der Waals surface area contributed by atoms with Crippen LogP contribution in [0.5, 0.6) is 0 Å². The molecular weight excluding hydrogens is 348 g/mol. The van der Waals surface area contributed by atoms with Crippen LogP contribution < -0.4 is 5.32 Å². The highest BCUT2D eigenvalue weighted by molar-refractivity contribution is 7.92. The van der Waals surface area contributed by atoms with Crippen molar-refractivity contribution in [1.82, 2.24) is 10.2 Å². The highest BCUT2D eigenvalue weighted by atomic mass is 35.5. The highest BCUT2D eigenvalue weighted by Gasteiger charge is 2.36. The average Bonchev–Trinajstić information content (AvgIpc) is 3.07. The van der Waals surface area contributed by atoms with E-state index >= 15 is 0 Å². The molecule has 1 N–H and O–H groups in total. The minimum atomic E-state index is -3.44. The molecule has 1 aromatic carbocycles. The topological polar surface area (TPSA) is 66.5 Å². The summed E-state index contributed by atoms with van der Waals surface area (Å²) >= 11 is 5.82. The number of amides is 2. The van der Waals surface area contributed by atoms with Gasteiger partial charge in [0.25, 0.3) is 0 Å². The first kappa shape index (κ1) is 17.5. The summed E-state index contributed by atoms with van der Waals surface area (Å²) in [6.45, 7) is 0.736. The molecule has 1 aliphatic heterocycles. The van der Waals surface area contributed by atoms with E-state index in [1.807, 2.05) is 0 Å². The minimum Gasteiger partial charge on any atom is -0.335 e. The van der Waals surface area contributed by atoms with Crippen LogP contribution in [0.1, 0.15) is 38.5 Å². The summed E-state index contributed by atoms with van der Waals surface area (Å²) in [4.78, 5) is 14.3. The molecule has 1 saturated heterocycles. The molecule has 24 heavy (non-hydrogen) atoms. The maximum Gasteiger partial charge on any atom is 0.317 e. The third kappa shape index (κ3) is 3.86. The van der Waals surface area contributed by atoms with Crippen molar-refractivity contribution in [1.29, 1.82) is 0 Å². The van der Waals surface area contributed by atoms with Gasteiger partial charge in [-0.3, -0.25) is 0 Å². The number of carbonyl (C=O) groups excluding carboxylic acids is 1. The molecule has 1 aromatic rings. The molecule has 1 saturated carbocycles. The number of rotatable bonds is 3. The predicted molar refractivity (Wildman–Crippen MR) is 94.0 cm³/mol. The molecule has 0 spiro atoms. The van der Waals surface area contributed by atoms with Gasteiger partial charge in [-0.2, -0.15) is 0 Å². The Hall–Kier alpha value is -1.27. The van der Waals surface area contributed by atoms with Crippen molar-refractivity contribution in [2.75, 3.05) is 13.1 Å². The molecule has 132 valence electrons.